The quantitative estimate of drug-likeness (QED) is 0.542. The number of esters is 1. The largest absolute Gasteiger partial charge is 0.458 e. The Labute approximate surface area is 123 Å². The summed E-state index contributed by atoms with van der Waals surface area (Å²) in [5.74, 6) is 1.91. The Hall–Kier alpha value is -1.05. The average molecular weight is 276 g/mol. The maximum atomic E-state index is 11.5. The van der Waals surface area contributed by atoms with Crippen molar-refractivity contribution in [3.8, 4) is 0 Å². The summed E-state index contributed by atoms with van der Waals surface area (Å²) in [6.45, 7) is 10.9. The molecule has 0 saturated heterocycles. The second kappa shape index (κ2) is 6.15. The molecule has 0 bridgehead atoms. The first kappa shape index (κ1) is 15.3. The van der Waals surface area contributed by atoms with E-state index in [1.54, 1.807) is 5.57 Å². The van der Waals surface area contributed by atoms with Gasteiger partial charge in [0, 0.05) is 6.42 Å². The van der Waals surface area contributed by atoms with Crippen molar-refractivity contribution in [2.24, 2.45) is 17.8 Å². The molecule has 2 nitrogen and oxygen atoms in total. The summed E-state index contributed by atoms with van der Waals surface area (Å²) in [5, 5.41) is 0. The van der Waals surface area contributed by atoms with E-state index in [1.165, 1.54) is 24.0 Å². The van der Waals surface area contributed by atoms with E-state index in [0.29, 0.717) is 18.3 Å². The Bertz CT molecular complexity index is 440. The predicted octanol–water partition coefficient (Wildman–Crippen LogP) is 4.66. The van der Waals surface area contributed by atoms with E-state index in [2.05, 4.69) is 33.8 Å². The predicted molar refractivity (Wildman–Crippen MR) is 82.3 cm³/mol. The molecule has 0 spiro atoms. The fraction of sp³-hybridized carbons (Fsp3) is 0.722. The highest BCUT2D eigenvalue weighted by atomic mass is 16.5. The monoisotopic (exact) mass is 276 g/mol. The third-order valence-corrected chi connectivity index (χ3v) is 5.11. The van der Waals surface area contributed by atoms with Gasteiger partial charge in [-0.2, -0.15) is 0 Å². The van der Waals surface area contributed by atoms with Gasteiger partial charge in [0.2, 0.25) is 0 Å². The number of fused-ring (bicyclic) bond motifs is 1. The summed E-state index contributed by atoms with van der Waals surface area (Å²) < 4.78 is 5.57. The molecule has 20 heavy (non-hydrogen) atoms. The zero-order chi connectivity index (χ0) is 14.9. The topological polar surface area (TPSA) is 26.3 Å². The molecule has 0 N–H and O–H groups in total. The fourth-order valence-corrected chi connectivity index (χ4v) is 3.79. The van der Waals surface area contributed by atoms with Crippen LogP contribution < -0.4 is 0 Å². The first-order valence-electron chi connectivity index (χ1n) is 7.95. The van der Waals surface area contributed by atoms with Crippen LogP contribution in [0.15, 0.2) is 22.8 Å². The van der Waals surface area contributed by atoms with Crippen molar-refractivity contribution in [2.75, 3.05) is 0 Å². The van der Waals surface area contributed by atoms with Crippen LogP contribution in [0.5, 0.6) is 0 Å². The number of allylic oxidation sites excluding steroid dienone is 3. The fourth-order valence-electron chi connectivity index (χ4n) is 3.79. The van der Waals surface area contributed by atoms with E-state index >= 15 is 0 Å². The van der Waals surface area contributed by atoms with Crippen LogP contribution in [0.2, 0.25) is 0 Å². The molecule has 0 aromatic rings. The maximum Gasteiger partial charge on any atom is 0.306 e. The second-order valence-electron chi connectivity index (χ2n) is 6.79. The van der Waals surface area contributed by atoms with Crippen molar-refractivity contribution < 1.29 is 9.53 Å². The third-order valence-electron chi connectivity index (χ3n) is 5.11. The van der Waals surface area contributed by atoms with Gasteiger partial charge >= 0.3 is 5.97 Å². The van der Waals surface area contributed by atoms with Gasteiger partial charge in [0.15, 0.2) is 0 Å². The number of hydrogen-bond donors (Lipinski definition) is 0. The van der Waals surface area contributed by atoms with Gasteiger partial charge in [0.25, 0.3) is 0 Å². The van der Waals surface area contributed by atoms with Gasteiger partial charge in [0.05, 0.1) is 0 Å². The van der Waals surface area contributed by atoms with Crippen molar-refractivity contribution in [2.45, 2.75) is 66.4 Å². The standard InChI is InChI=1S/C18H28O2/c1-6-18(19)20-15-7-12(4)16-9-14(11(2)3)10-17(16)13(5)8-15/h7,13,15-17H,6,8-10H2,1-5H3. The Morgan fingerprint density at radius 3 is 2.65 bits per heavy atom. The first-order valence-corrected chi connectivity index (χ1v) is 7.95. The van der Waals surface area contributed by atoms with Gasteiger partial charge in [-0.3, -0.25) is 4.79 Å². The summed E-state index contributed by atoms with van der Waals surface area (Å²) in [6.07, 6.45) is 6.07. The van der Waals surface area contributed by atoms with Gasteiger partial charge in [-0.1, -0.05) is 30.6 Å². The smallest absolute Gasteiger partial charge is 0.306 e. The van der Waals surface area contributed by atoms with E-state index in [4.69, 9.17) is 4.74 Å². The molecule has 0 aromatic carbocycles. The Kier molecular flexibility index (Phi) is 4.72. The second-order valence-corrected chi connectivity index (χ2v) is 6.79. The molecule has 1 fully saturated rings. The lowest BCUT2D eigenvalue weighted by atomic mass is 9.82. The highest BCUT2D eigenvalue weighted by molar-refractivity contribution is 5.69. The summed E-state index contributed by atoms with van der Waals surface area (Å²) in [4.78, 5) is 11.5. The summed E-state index contributed by atoms with van der Waals surface area (Å²) in [5.41, 5.74) is 4.56. The lowest BCUT2D eigenvalue weighted by Crippen LogP contribution is -2.20. The molecule has 112 valence electrons. The van der Waals surface area contributed by atoms with Crippen LogP contribution in [0.25, 0.3) is 0 Å². The molecule has 4 unspecified atom stereocenters. The molecule has 2 rings (SSSR count). The van der Waals surface area contributed by atoms with E-state index in [-0.39, 0.29) is 12.1 Å². The number of carbonyl (C=O) groups excluding carboxylic acids is 1. The van der Waals surface area contributed by atoms with Crippen molar-refractivity contribution in [3.63, 3.8) is 0 Å². The minimum absolute atomic E-state index is 0.0156. The van der Waals surface area contributed by atoms with Crippen molar-refractivity contribution in [3.05, 3.63) is 22.8 Å². The Morgan fingerprint density at radius 1 is 1.35 bits per heavy atom. The summed E-state index contributed by atoms with van der Waals surface area (Å²) in [6, 6.07) is 0. The zero-order valence-corrected chi connectivity index (χ0v) is 13.5. The van der Waals surface area contributed by atoms with Crippen LogP contribution in [0.4, 0.5) is 0 Å². The number of ether oxygens (including phenoxy) is 1. The van der Waals surface area contributed by atoms with Gasteiger partial charge < -0.3 is 4.74 Å². The lowest BCUT2D eigenvalue weighted by molar-refractivity contribution is -0.147. The Balaban J connectivity index is 2.18. The van der Waals surface area contributed by atoms with E-state index < -0.39 is 0 Å². The van der Waals surface area contributed by atoms with Crippen molar-refractivity contribution in [1.29, 1.82) is 0 Å². The van der Waals surface area contributed by atoms with Crippen LogP contribution in [-0.2, 0) is 9.53 Å². The normalized spacial score (nSPS) is 33.2. The lowest BCUT2D eigenvalue weighted by Gasteiger charge is -2.24. The molecule has 1 saturated carbocycles. The van der Waals surface area contributed by atoms with Crippen molar-refractivity contribution >= 4 is 5.97 Å². The zero-order valence-electron chi connectivity index (χ0n) is 13.5. The summed E-state index contributed by atoms with van der Waals surface area (Å²) >= 11 is 0. The molecule has 0 heterocycles. The molecule has 2 aliphatic rings. The first-order chi connectivity index (χ1) is 9.42. The molecule has 0 radical (unpaired) electrons. The highest BCUT2D eigenvalue weighted by Gasteiger charge is 2.38. The summed E-state index contributed by atoms with van der Waals surface area (Å²) in [7, 11) is 0. The van der Waals surface area contributed by atoms with E-state index in [0.717, 1.165) is 12.3 Å². The molecule has 2 heteroatoms. The average Bonchev–Trinajstić information content (AvgIpc) is 2.79. The molecule has 2 aliphatic carbocycles. The van der Waals surface area contributed by atoms with Crippen LogP contribution in [0.1, 0.15) is 60.3 Å². The number of carbonyl (C=O) groups is 1. The van der Waals surface area contributed by atoms with Gasteiger partial charge in [-0.25, -0.2) is 0 Å². The Morgan fingerprint density at radius 2 is 2.05 bits per heavy atom. The minimum atomic E-state index is -0.0803. The van der Waals surface area contributed by atoms with Gasteiger partial charge in [-0.05, 0) is 63.9 Å². The number of hydrogen-bond acceptors (Lipinski definition) is 2. The van der Waals surface area contributed by atoms with Crippen LogP contribution >= 0.6 is 0 Å². The van der Waals surface area contributed by atoms with Crippen molar-refractivity contribution in [1.82, 2.24) is 0 Å². The SMILES string of the molecule is CCC(=O)OC1C=C(C)C2CC(=C(C)C)CC2C(C)C1. The van der Waals surface area contributed by atoms with Gasteiger partial charge in [-0.15, -0.1) is 0 Å². The molecule has 0 aromatic heterocycles. The molecule has 0 aliphatic heterocycles. The maximum absolute atomic E-state index is 11.5. The molecular weight excluding hydrogens is 248 g/mol. The van der Waals surface area contributed by atoms with Gasteiger partial charge in [0.1, 0.15) is 6.10 Å². The minimum Gasteiger partial charge on any atom is -0.458 e. The van der Waals surface area contributed by atoms with Crippen LogP contribution in [-0.4, -0.2) is 12.1 Å². The molecule has 0 amide bonds. The number of rotatable bonds is 2. The third kappa shape index (κ3) is 3.16. The molecular formula is C18H28O2. The van der Waals surface area contributed by atoms with E-state index in [1.807, 2.05) is 6.92 Å². The van der Waals surface area contributed by atoms with Crippen LogP contribution in [0.3, 0.4) is 0 Å². The van der Waals surface area contributed by atoms with Crippen LogP contribution in [0, 0.1) is 17.8 Å². The van der Waals surface area contributed by atoms with E-state index in [9.17, 15) is 4.79 Å². The highest BCUT2D eigenvalue weighted by Crippen LogP contribution is 2.48. The molecule has 4 atom stereocenters.